The molecule has 1 aliphatic carbocycles. The predicted octanol–water partition coefficient (Wildman–Crippen LogP) is 3.16. The van der Waals surface area contributed by atoms with E-state index in [-0.39, 0.29) is 5.78 Å². The molecule has 0 spiro atoms. The first-order valence-electron chi connectivity index (χ1n) is 4.72. The smallest absolute Gasteiger partial charge is 0.450 e. The van der Waals surface area contributed by atoms with E-state index >= 15 is 0 Å². The maximum atomic E-state index is 11.5. The molecule has 0 atom stereocenters. The van der Waals surface area contributed by atoms with Crippen LogP contribution in [-0.2, 0) is 0 Å². The van der Waals surface area contributed by atoms with Gasteiger partial charge in [0.25, 0.3) is 0 Å². The molecule has 1 aromatic rings. The summed E-state index contributed by atoms with van der Waals surface area (Å²) in [5.41, 5.74) is 0.793. The van der Waals surface area contributed by atoms with E-state index in [1.807, 2.05) is 0 Å². The van der Waals surface area contributed by atoms with Crippen LogP contribution in [0, 0.1) is 5.92 Å². The number of hydrogen-bond acceptors (Lipinski definition) is 2. The summed E-state index contributed by atoms with van der Waals surface area (Å²) >= 11 is 5.70. The van der Waals surface area contributed by atoms with Crippen LogP contribution in [-0.4, -0.2) is 22.2 Å². The highest BCUT2D eigenvalue weighted by Crippen LogP contribution is 2.32. The lowest BCUT2D eigenvalue weighted by molar-refractivity contribution is 0.0967. The van der Waals surface area contributed by atoms with Gasteiger partial charge in [-0.05, 0) is 37.1 Å². The highest BCUT2D eigenvalue weighted by atomic mass is 35.5. The van der Waals surface area contributed by atoms with Crippen LogP contribution in [0.5, 0.6) is 0 Å². The van der Waals surface area contributed by atoms with Gasteiger partial charge >= 0.3 is 6.16 Å². The Morgan fingerprint density at radius 3 is 1.94 bits per heavy atom. The van der Waals surface area contributed by atoms with Crippen molar-refractivity contribution in [1.29, 1.82) is 0 Å². The molecular weight excluding hydrogens is 232 g/mol. The quantitative estimate of drug-likeness (QED) is 0.781. The van der Waals surface area contributed by atoms with Crippen LogP contribution in [0.4, 0.5) is 4.79 Å². The monoisotopic (exact) mass is 242 g/mol. The zero-order valence-corrected chi connectivity index (χ0v) is 9.15. The summed E-state index contributed by atoms with van der Waals surface area (Å²) in [5.74, 6) is 0.567. The number of benzene rings is 1. The van der Waals surface area contributed by atoms with E-state index in [0.29, 0.717) is 10.9 Å². The van der Waals surface area contributed by atoms with Crippen molar-refractivity contribution in [2.75, 3.05) is 0 Å². The van der Waals surface area contributed by atoms with E-state index in [2.05, 4.69) is 0 Å². The SMILES string of the molecule is O=C(O)O.O=C(c1ccc(Cl)cc1)C1CC1. The fourth-order valence-corrected chi connectivity index (χ4v) is 1.32. The summed E-state index contributed by atoms with van der Waals surface area (Å²) in [5, 5.41) is 14.6. The zero-order chi connectivity index (χ0) is 12.1. The summed E-state index contributed by atoms with van der Waals surface area (Å²) < 4.78 is 0. The van der Waals surface area contributed by atoms with Crippen molar-refractivity contribution in [2.24, 2.45) is 5.92 Å². The van der Waals surface area contributed by atoms with Gasteiger partial charge in [-0.3, -0.25) is 4.79 Å². The Hall–Kier alpha value is -1.55. The predicted molar refractivity (Wildman–Crippen MR) is 59.2 cm³/mol. The Morgan fingerprint density at radius 1 is 1.12 bits per heavy atom. The first-order chi connectivity index (χ1) is 7.50. The maximum absolute atomic E-state index is 11.5. The molecule has 5 heteroatoms. The largest absolute Gasteiger partial charge is 0.503 e. The average molecular weight is 243 g/mol. The van der Waals surface area contributed by atoms with Crippen LogP contribution in [0.1, 0.15) is 23.2 Å². The summed E-state index contributed by atoms with van der Waals surface area (Å²) in [6.07, 6.45) is 0.281. The lowest BCUT2D eigenvalue weighted by atomic mass is 10.1. The summed E-state index contributed by atoms with van der Waals surface area (Å²) in [6.45, 7) is 0. The second kappa shape index (κ2) is 5.51. The van der Waals surface area contributed by atoms with Gasteiger partial charge in [0.1, 0.15) is 0 Å². The molecule has 2 rings (SSSR count). The maximum Gasteiger partial charge on any atom is 0.503 e. The fraction of sp³-hybridized carbons (Fsp3) is 0.273. The molecule has 0 bridgehead atoms. The van der Waals surface area contributed by atoms with E-state index in [9.17, 15) is 4.79 Å². The second-order valence-corrected chi connectivity index (χ2v) is 3.86. The van der Waals surface area contributed by atoms with Crippen LogP contribution in [0.25, 0.3) is 0 Å². The molecule has 1 saturated carbocycles. The van der Waals surface area contributed by atoms with Crippen molar-refractivity contribution in [3.05, 3.63) is 34.9 Å². The molecule has 1 aromatic carbocycles. The molecule has 4 nitrogen and oxygen atoms in total. The zero-order valence-electron chi connectivity index (χ0n) is 8.39. The number of hydrogen-bond donors (Lipinski definition) is 2. The minimum Gasteiger partial charge on any atom is -0.450 e. The van der Waals surface area contributed by atoms with Gasteiger partial charge in [-0.1, -0.05) is 11.6 Å². The summed E-state index contributed by atoms with van der Waals surface area (Å²) in [6, 6.07) is 7.11. The molecule has 0 heterocycles. The lowest BCUT2D eigenvalue weighted by Gasteiger charge is -1.97. The Kier molecular flexibility index (Phi) is 4.31. The van der Waals surface area contributed by atoms with Crippen LogP contribution in [0.15, 0.2) is 24.3 Å². The number of carbonyl (C=O) groups is 2. The third kappa shape index (κ3) is 4.31. The van der Waals surface area contributed by atoms with Gasteiger partial charge in [-0.15, -0.1) is 0 Å². The third-order valence-corrected chi connectivity index (χ3v) is 2.33. The lowest BCUT2D eigenvalue weighted by Crippen LogP contribution is -1.99. The van der Waals surface area contributed by atoms with Gasteiger partial charge in [0.15, 0.2) is 5.78 Å². The Labute approximate surface area is 97.5 Å². The van der Waals surface area contributed by atoms with Gasteiger partial charge in [-0.25, -0.2) is 4.79 Å². The van der Waals surface area contributed by atoms with Gasteiger partial charge in [0, 0.05) is 16.5 Å². The van der Waals surface area contributed by atoms with Crippen molar-refractivity contribution < 1.29 is 19.8 Å². The molecule has 0 aliphatic heterocycles. The second-order valence-electron chi connectivity index (χ2n) is 3.43. The van der Waals surface area contributed by atoms with Crippen molar-refractivity contribution in [3.63, 3.8) is 0 Å². The first-order valence-corrected chi connectivity index (χ1v) is 5.10. The molecule has 86 valence electrons. The highest BCUT2D eigenvalue weighted by molar-refractivity contribution is 6.30. The standard InChI is InChI=1S/C10H9ClO.CH2O3/c11-9-5-3-8(4-6-9)10(12)7-1-2-7;2-1(3)4/h3-7H,1-2H2;(H2,2,3,4). The normalized spacial score (nSPS) is 13.6. The minimum absolute atomic E-state index is 0.270. The van der Waals surface area contributed by atoms with Gasteiger partial charge in [-0.2, -0.15) is 0 Å². The van der Waals surface area contributed by atoms with Crippen LogP contribution in [0.2, 0.25) is 5.02 Å². The number of halogens is 1. The molecule has 0 radical (unpaired) electrons. The third-order valence-electron chi connectivity index (χ3n) is 2.08. The molecule has 1 fully saturated rings. The summed E-state index contributed by atoms with van der Waals surface area (Å²) in [7, 11) is 0. The number of rotatable bonds is 2. The Balaban J connectivity index is 0.000000280. The van der Waals surface area contributed by atoms with Crippen molar-refractivity contribution in [1.82, 2.24) is 0 Å². The van der Waals surface area contributed by atoms with Crippen molar-refractivity contribution >= 4 is 23.5 Å². The molecule has 0 saturated heterocycles. The first kappa shape index (κ1) is 12.5. The van der Waals surface area contributed by atoms with Gasteiger partial charge in [0.05, 0.1) is 0 Å². The number of carboxylic acid groups (broad SMARTS) is 2. The van der Waals surface area contributed by atoms with E-state index in [1.165, 1.54) is 0 Å². The molecule has 0 amide bonds. The molecule has 0 unspecified atom stereocenters. The molecular formula is C11H11ClO4. The number of carbonyl (C=O) groups excluding carboxylic acids is 1. The number of ketones is 1. The van der Waals surface area contributed by atoms with E-state index < -0.39 is 6.16 Å². The van der Waals surface area contributed by atoms with Gasteiger partial charge in [0.2, 0.25) is 0 Å². The van der Waals surface area contributed by atoms with E-state index in [1.54, 1.807) is 24.3 Å². The summed E-state index contributed by atoms with van der Waals surface area (Å²) in [4.78, 5) is 20.0. The molecule has 0 aromatic heterocycles. The molecule has 1 aliphatic rings. The van der Waals surface area contributed by atoms with Crippen molar-refractivity contribution in [2.45, 2.75) is 12.8 Å². The van der Waals surface area contributed by atoms with Crippen LogP contribution < -0.4 is 0 Å². The van der Waals surface area contributed by atoms with Crippen molar-refractivity contribution in [3.8, 4) is 0 Å². The molecule has 2 N–H and O–H groups in total. The Bertz CT molecular complexity index is 377. The van der Waals surface area contributed by atoms with Crippen LogP contribution >= 0.6 is 11.6 Å². The van der Waals surface area contributed by atoms with E-state index in [4.69, 9.17) is 26.6 Å². The molecule has 16 heavy (non-hydrogen) atoms. The number of Topliss-reactive ketones (excluding diaryl/α,β-unsaturated/α-hetero) is 1. The topological polar surface area (TPSA) is 74.6 Å². The van der Waals surface area contributed by atoms with Crippen LogP contribution in [0.3, 0.4) is 0 Å². The van der Waals surface area contributed by atoms with E-state index in [0.717, 1.165) is 18.4 Å². The Morgan fingerprint density at radius 2 is 1.56 bits per heavy atom. The minimum atomic E-state index is -1.83. The van der Waals surface area contributed by atoms with Gasteiger partial charge < -0.3 is 10.2 Å². The fourth-order valence-electron chi connectivity index (χ4n) is 1.20. The highest BCUT2D eigenvalue weighted by Gasteiger charge is 2.30. The average Bonchev–Trinajstić information content (AvgIpc) is 3.00.